The summed E-state index contributed by atoms with van der Waals surface area (Å²) >= 11 is 1.93. The molecule has 3 fully saturated rings. The highest BCUT2D eigenvalue weighted by atomic mass is 32.2. The zero-order valence-electron chi connectivity index (χ0n) is 17.7. The first-order chi connectivity index (χ1) is 14.0. The lowest BCUT2D eigenvalue weighted by Gasteiger charge is -2.45. The largest absolute Gasteiger partial charge is 0.327 e. The Bertz CT molecular complexity index is 767. The lowest BCUT2D eigenvalue weighted by molar-refractivity contribution is -0.140. The van der Waals surface area contributed by atoms with Gasteiger partial charge in [0.25, 0.3) is 0 Å². The lowest BCUT2D eigenvalue weighted by Crippen LogP contribution is -2.55. The van der Waals surface area contributed by atoms with Gasteiger partial charge in [-0.25, -0.2) is 4.79 Å². The molecular weight excluding hydrogens is 382 g/mol. The third kappa shape index (κ3) is 4.27. The van der Waals surface area contributed by atoms with Crippen LogP contribution >= 0.6 is 11.8 Å². The number of hydrogen-bond acceptors (Lipinski definition) is 3. The second kappa shape index (κ2) is 8.58. The number of amides is 3. The number of nitrogens with one attached hydrogen (secondary N) is 1. The smallest absolute Gasteiger partial charge is 0.321 e. The van der Waals surface area contributed by atoms with E-state index in [-0.39, 0.29) is 16.8 Å². The van der Waals surface area contributed by atoms with Crippen LogP contribution in [0, 0.1) is 19.8 Å². The molecule has 0 atom stereocenters. The van der Waals surface area contributed by atoms with Gasteiger partial charge in [-0.2, -0.15) is 0 Å². The molecule has 158 valence electrons. The zero-order valence-corrected chi connectivity index (χ0v) is 18.5. The van der Waals surface area contributed by atoms with Crippen molar-refractivity contribution in [3.05, 3.63) is 29.3 Å². The molecule has 0 radical (unpaired) electrons. The number of urea groups is 1. The number of piperidine rings is 1. The Labute approximate surface area is 178 Å². The van der Waals surface area contributed by atoms with Gasteiger partial charge in [0.05, 0.1) is 4.87 Å². The lowest BCUT2D eigenvalue weighted by atomic mass is 9.87. The molecule has 5 nitrogen and oxygen atoms in total. The monoisotopic (exact) mass is 415 g/mol. The molecule has 4 rings (SSSR count). The number of thioether (sulfide) groups is 1. The highest BCUT2D eigenvalue weighted by Gasteiger charge is 2.48. The van der Waals surface area contributed by atoms with E-state index < -0.39 is 0 Å². The van der Waals surface area contributed by atoms with Crippen molar-refractivity contribution in [3.63, 3.8) is 0 Å². The number of rotatable bonds is 2. The molecule has 1 saturated carbocycles. The van der Waals surface area contributed by atoms with Crippen molar-refractivity contribution in [1.82, 2.24) is 9.80 Å². The van der Waals surface area contributed by atoms with Gasteiger partial charge < -0.3 is 15.1 Å². The van der Waals surface area contributed by atoms with Crippen molar-refractivity contribution < 1.29 is 9.59 Å². The van der Waals surface area contributed by atoms with Crippen LogP contribution in [0.2, 0.25) is 0 Å². The molecule has 0 unspecified atom stereocenters. The number of anilines is 1. The third-order valence-electron chi connectivity index (χ3n) is 6.99. The van der Waals surface area contributed by atoms with E-state index in [9.17, 15) is 9.59 Å². The molecule has 29 heavy (non-hydrogen) atoms. The van der Waals surface area contributed by atoms with Gasteiger partial charge >= 0.3 is 6.03 Å². The van der Waals surface area contributed by atoms with Crippen LogP contribution in [0.4, 0.5) is 10.5 Å². The predicted molar refractivity (Wildman–Crippen MR) is 119 cm³/mol. The van der Waals surface area contributed by atoms with E-state index in [2.05, 4.69) is 24.1 Å². The minimum atomic E-state index is -0.0915. The molecule has 1 spiro atoms. The van der Waals surface area contributed by atoms with Crippen molar-refractivity contribution in [2.75, 3.05) is 30.7 Å². The predicted octanol–water partition coefficient (Wildman–Crippen LogP) is 4.78. The fourth-order valence-electron chi connectivity index (χ4n) is 4.98. The standard InChI is InChI=1S/C23H33N3O2S/c1-17-8-9-20(16-18(17)2)24-22(28)25-12-10-23(11-13-25)26(14-15-29-23)21(27)19-6-4-3-5-7-19/h8-9,16,19H,3-7,10-15H2,1-2H3,(H,24,28). The second-order valence-corrected chi connectivity index (χ2v) is 10.3. The number of nitrogens with zero attached hydrogens (tertiary/aromatic N) is 2. The number of hydrogen-bond donors (Lipinski definition) is 1. The van der Waals surface area contributed by atoms with Crippen molar-refractivity contribution in [1.29, 1.82) is 0 Å². The summed E-state index contributed by atoms with van der Waals surface area (Å²) < 4.78 is 0. The number of carbonyl (C=O) groups excluding carboxylic acids is 2. The van der Waals surface area contributed by atoms with Crippen molar-refractivity contribution in [3.8, 4) is 0 Å². The van der Waals surface area contributed by atoms with E-state index in [1.807, 2.05) is 34.9 Å². The highest BCUT2D eigenvalue weighted by Crippen LogP contribution is 2.45. The molecule has 0 bridgehead atoms. The van der Waals surface area contributed by atoms with Crippen LogP contribution in [0.25, 0.3) is 0 Å². The molecule has 2 saturated heterocycles. The molecular formula is C23H33N3O2S. The summed E-state index contributed by atoms with van der Waals surface area (Å²) in [6.45, 7) is 6.42. The molecule has 6 heteroatoms. The summed E-state index contributed by atoms with van der Waals surface area (Å²) in [4.78, 5) is 30.0. The Morgan fingerprint density at radius 2 is 1.76 bits per heavy atom. The molecule has 2 heterocycles. The van der Waals surface area contributed by atoms with Gasteiger partial charge in [0.2, 0.25) is 5.91 Å². The van der Waals surface area contributed by atoms with Crippen LogP contribution in [0.5, 0.6) is 0 Å². The number of aryl methyl sites for hydroxylation is 2. The molecule has 1 aliphatic carbocycles. The quantitative estimate of drug-likeness (QED) is 0.756. The Kier molecular flexibility index (Phi) is 6.09. The summed E-state index contributed by atoms with van der Waals surface area (Å²) in [6.07, 6.45) is 7.51. The Morgan fingerprint density at radius 3 is 2.45 bits per heavy atom. The summed E-state index contributed by atoms with van der Waals surface area (Å²) in [7, 11) is 0. The minimum Gasteiger partial charge on any atom is -0.327 e. The highest BCUT2D eigenvalue weighted by molar-refractivity contribution is 8.00. The van der Waals surface area contributed by atoms with E-state index in [0.29, 0.717) is 19.0 Å². The van der Waals surface area contributed by atoms with Crippen LogP contribution in [0.1, 0.15) is 56.1 Å². The normalized spacial score (nSPS) is 22.1. The first-order valence-electron chi connectivity index (χ1n) is 11.1. The van der Waals surface area contributed by atoms with Crippen LogP contribution in [0.3, 0.4) is 0 Å². The molecule has 1 aromatic rings. The fraction of sp³-hybridized carbons (Fsp3) is 0.652. The van der Waals surface area contributed by atoms with E-state index in [0.717, 1.165) is 43.7 Å². The Morgan fingerprint density at radius 1 is 1.03 bits per heavy atom. The molecule has 3 aliphatic rings. The van der Waals surface area contributed by atoms with Gasteiger partial charge in [-0.3, -0.25) is 4.79 Å². The van der Waals surface area contributed by atoms with Gasteiger partial charge in [-0.1, -0.05) is 25.3 Å². The summed E-state index contributed by atoms with van der Waals surface area (Å²) in [5.41, 5.74) is 3.26. The van der Waals surface area contributed by atoms with Crippen molar-refractivity contribution in [2.45, 2.75) is 63.7 Å². The minimum absolute atomic E-state index is 0.0312. The fourth-order valence-corrected chi connectivity index (χ4v) is 6.45. The Hall–Kier alpha value is -1.69. The second-order valence-electron chi connectivity index (χ2n) is 8.84. The van der Waals surface area contributed by atoms with Gasteiger partial charge in [-0.15, -0.1) is 11.8 Å². The first-order valence-corrected chi connectivity index (χ1v) is 12.1. The van der Waals surface area contributed by atoms with E-state index in [4.69, 9.17) is 0 Å². The SMILES string of the molecule is Cc1ccc(NC(=O)N2CCC3(CC2)SCCN3C(=O)C2CCCCC2)cc1C. The van der Waals surface area contributed by atoms with Crippen LogP contribution in [-0.4, -0.2) is 52.0 Å². The van der Waals surface area contributed by atoms with Gasteiger partial charge in [0.1, 0.15) is 0 Å². The van der Waals surface area contributed by atoms with Crippen molar-refractivity contribution in [2.24, 2.45) is 5.92 Å². The van der Waals surface area contributed by atoms with Gasteiger partial charge in [-0.05, 0) is 62.8 Å². The number of carbonyl (C=O) groups is 2. The maximum absolute atomic E-state index is 13.2. The molecule has 2 aliphatic heterocycles. The molecule has 3 amide bonds. The average molecular weight is 416 g/mol. The Balaban J connectivity index is 1.36. The van der Waals surface area contributed by atoms with Crippen LogP contribution in [-0.2, 0) is 4.79 Å². The van der Waals surface area contributed by atoms with Gasteiger partial charge in [0, 0.05) is 37.0 Å². The summed E-state index contributed by atoms with van der Waals surface area (Å²) in [6, 6.07) is 6.00. The van der Waals surface area contributed by atoms with E-state index >= 15 is 0 Å². The number of likely N-dealkylation sites (tertiary alicyclic amines) is 1. The van der Waals surface area contributed by atoms with Gasteiger partial charge in [0.15, 0.2) is 0 Å². The average Bonchev–Trinajstić information content (AvgIpc) is 3.14. The third-order valence-corrected chi connectivity index (χ3v) is 8.54. The first kappa shape index (κ1) is 20.6. The van der Waals surface area contributed by atoms with E-state index in [1.54, 1.807) is 0 Å². The summed E-state index contributed by atoms with van der Waals surface area (Å²) in [5.74, 6) is 1.63. The van der Waals surface area contributed by atoms with Crippen LogP contribution in [0.15, 0.2) is 18.2 Å². The van der Waals surface area contributed by atoms with Crippen LogP contribution < -0.4 is 5.32 Å². The van der Waals surface area contributed by atoms with Crippen molar-refractivity contribution >= 4 is 29.4 Å². The molecule has 1 N–H and O–H groups in total. The molecule has 1 aromatic carbocycles. The molecule has 0 aromatic heterocycles. The maximum atomic E-state index is 13.2. The number of benzene rings is 1. The van der Waals surface area contributed by atoms with E-state index in [1.165, 1.54) is 30.4 Å². The summed E-state index contributed by atoms with van der Waals surface area (Å²) in [5, 5.41) is 3.04. The maximum Gasteiger partial charge on any atom is 0.321 e. The topological polar surface area (TPSA) is 52.7 Å². The zero-order chi connectivity index (χ0) is 20.4.